The molecule has 0 fully saturated rings. The fourth-order valence-corrected chi connectivity index (χ4v) is 2.69. The van der Waals surface area contributed by atoms with Crippen molar-refractivity contribution in [2.24, 2.45) is 5.92 Å². The maximum Gasteiger partial charge on any atom is 0.334 e. The van der Waals surface area contributed by atoms with Gasteiger partial charge in [-0.3, -0.25) is 0 Å². The van der Waals surface area contributed by atoms with Gasteiger partial charge < -0.3 is 9.84 Å². The molecule has 1 aliphatic rings. The van der Waals surface area contributed by atoms with Crippen LogP contribution in [0.2, 0.25) is 0 Å². The molecular formula is C17H28O4. The van der Waals surface area contributed by atoms with Gasteiger partial charge >= 0.3 is 11.9 Å². The zero-order valence-electron chi connectivity index (χ0n) is 13.3. The highest BCUT2D eigenvalue weighted by molar-refractivity contribution is 5.99. The van der Waals surface area contributed by atoms with Crippen molar-refractivity contribution in [2.45, 2.75) is 71.6 Å². The largest absolute Gasteiger partial charge is 0.478 e. The second kappa shape index (κ2) is 9.59. The summed E-state index contributed by atoms with van der Waals surface area (Å²) in [5.74, 6) is -1.05. The first kappa shape index (κ1) is 17.7. The summed E-state index contributed by atoms with van der Waals surface area (Å²) in [6.07, 6.45) is 8.63. The number of aliphatic carboxylic acids is 1. The van der Waals surface area contributed by atoms with Crippen molar-refractivity contribution in [1.82, 2.24) is 0 Å². The second-order valence-electron chi connectivity index (χ2n) is 6.01. The Kier molecular flexibility index (Phi) is 8.09. The molecule has 4 nitrogen and oxygen atoms in total. The molecule has 0 aromatic carbocycles. The van der Waals surface area contributed by atoms with Crippen LogP contribution in [0.5, 0.6) is 0 Å². The molecule has 0 aromatic rings. The lowest BCUT2D eigenvalue weighted by Gasteiger charge is -2.21. The maximum atomic E-state index is 12.1. The summed E-state index contributed by atoms with van der Waals surface area (Å²) in [5.41, 5.74) is 0.633. The Bertz CT molecular complexity index is 384. The number of hydrogen-bond donors (Lipinski definition) is 1. The number of hydrogen-bond acceptors (Lipinski definition) is 3. The second-order valence-corrected chi connectivity index (χ2v) is 6.01. The zero-order valence-corrected chi connectivity index (χ0v) is 13.3. The van der Waals surface area contributed by atoms with Crippen LogP contribution in [0.15, 0.2) is 11.1 Å². The molecule has 1 aliphatic carbocycles. The van der Waals surface area contributed by atoms with Gasteiger partial charge in [0.1, 0.15) is 0 Å². The molecule has 1 unspecified atom stereocenters. The Morgan fingerprint density at radius 3 is 2.48 bits per heavy atom. The predicted octanol–water partition coefficient (Wildman–Crippen LogP) is 4.09. The fraction of sp³-hybridized carbons (Fsp3) is 0.765. The smallest absolute Gasteiger partial charge is 0.334 e. The molecule has 0 saturated heterocycles. The Morgan fingerprint density at radius 2 is 1.81 bits per heavy atom. The Labute approximate surface area is 127 Å². The van der Waals surface area contributed by atoms with Gasteiger partial charge in [-0.2, -0.15) is 0 Å². The number of ether oxygens (including phenoxy) is 1. The summed E-state index contributed by atoms with van der Waals surface area (Å²) in [6.45, 7) is 4.62. The summed E-state index contributed by atoms with van der Waals surface area (Å²) in [5, 5.41) is 9.17. The molecule has 0 saturated carbocycles. The number of carboxylic acid groups (broad SMARTS) is 1. The van der Waals surface area contributed by atoms with Crippen LogP contribution in [0.25, 0.3) is 0 Å². The lowest BCUT2D eigenvalue weighted by molar-refractivity contribution is -0.141. The van der Waals surface area contributed by atoms with Crippen molar-refractivity contribution < 1.29 is 19.4 Å². The number of carboxylic acids is 1. The topological polar surface area (TPSA) is 63.6 Å². The van der Waals surface area contributed by atoms with Gasteiger partial charge in [0.2, 0.25) is 0 Å². The van der Waals surface area contributed by atoms with Gasteiger partial charge in [-0.15, -0.1) is 0 Å². The number of carbonyl (C=O) groups excluding carboxylic acids is 1. The minimum absolute atomic E-state index is 0.251. The van der Waals surface area contributed by atoms with Crippen molar-refractivity contribution >= 4 is 11.9 Å². The zero-order chi connectivity index (χ0) is 15.7. The monoisotopic (exact) mass is 296 g/mol. The highest BCUT2D eigenvalue weighted by Crippen LogP contribution is 2.30. The van der Waals surface area contributed by atoms with Crippen LogP contribution in [-0.4, -0.2) is 23.7 Å². The van der Waals surface area contributed by atoms with E-state index >= 15 is 0 Å². The molecule has 0 aromatic heterocycles. The number of esters is 1. The predicted molar refractivity (Wildman–Crippen MR) is 82.0 cm³/mol. The quantitative estimate of drug-likeness (QED) is 0.514. The molecule has 1 N–H and O–H groups in total. The van der Waals surface area contributed by atoms with Crippen molar-refractivity contribution in [3.63, 3.8) is 0 Å². The van der Waals surface area contributed by atoms with Crippen molar-refractivity contribution in [3.05, 3.63) is 11.1 Å². The molecule has 4 heteroatoms. The van der Waals surface area contributed by atoms with E-state index in [4.69, 9.17) is 4.74 Å². The Morgan fingerprint density at radius 1 is 1.14 bits per heavy atom. The van der Waals surface area contributed by atoms with Crippen LogP contribution in [0, 0.1) is 5.92 Å². The molecule has 0 bridgehead atoms. The molecule has 1 atom stereocenters. The van der Waals surface area contributed by atoms with E-state index < -0.39 is 11.9 Å². The summed E-state index contributed by atoms with van der Waals surface area (Å²) in [6, 6.07) is 0. The summed E-state index contributed by atoms with van der Waals surface area (Å²) in [4.78, 5) is 23.2. The molecule has 0 amide bonds. The normalized spacial score (nSPS) is 18.7. The van der Waals surface area contributed by atoms with E-state index in [-0.39, 0.29) is 5.57 Å². The molecule has 0 aliphatic heterocycles. The molecule has 0 radical (unpaired) electrons. The first-order chi connectivity index (χ1) is 10.1. The summed E-state index contributed by atoms with van der Waals surface area (Å²) >= 11 is 0. The van der Waals surface area contributed by atoms with Crippen LogP contribution in [0.1, 0.15) is 71.6 Å². The van der Waals surface area contributed by atoms with Crippen molar-refractivity contribution in [1.29, 1.82) is 0 Å². The summed E-state index contributed by atoms with van der Waals surface area (Å²) in [7, 11) is 0. The molecule has 21 heavy (non-hydrogen) atoms. The third kappa shape index (κ3) is 6.32. The fourth-order valence-electron chi connectivity index (χ4n) is 2.69. The first-order valence-electron chi connectivity index (χ1n) is 8.18. The minimum atomic E-state index is -0.978. The Hall–Kier alpha value is -1.32. The molecule has 0 spiro atoms. The third-order valence-corrected chi connectivity index (χ3v) is 4.04. The molecule has 120 valence electrons. The van der Waals surface area contributed by atoms with E-state index in [9.17, 15) is 14.7 Å². The number of carbonyl (C=O) groups is 2. The van der Waals surface area contributed by atoms with E-state index in [2.05, 4.69) is 6.92 Å². The van der Waals surface area contributed by atoms with E-state index in [0.717, 1.165) is 19.3 Å². The Balaban J connectivity index is 2.37. The van der Waals surface area contributed by atoms with E-state index in [0.29, 0.717) is 30.9 Å². The lowest BCUT2D eigenvalue weighted by atomic mass is 9.85. The molecular weight excluding hydrogens is 268 g/mol. The van der Waals surface area contributed by atoms with Crippen LogP contribution in [-0.2, 0) is 14.3 Å². The summed E-state index contributed by atoms with van der Waals surface area (Å²) < 4.78 is 5.26. The van der Waals surface area contributed by atoms with Crippen LogP contribution < -0.4 is 0 Å². The van der Waals surface area contributed by atoms with Gasteiger partial charge in [0, 0.05) is 11.1 Å². The van der Waals surface area contributed by atoms with Gasteiger partial charge in [0.25, 0.3) is 0 Å². The van der Waals surface area contributed by atoms with Gasteiger partial charge in [-0.05, 0) is 31.6 Å². The van der Waals surface area contributed by atoms with E-state index in [1.165, 1.54) is 25.7 Å². The highest BCUT2D eigenvalue weighted by atomic mass is 16.5. The van der Waals surface area contributed by atoms with Crippen molar-refractivity contribution in [3.8, 4) is 0 Å². The third-order valence-electron chi connectivity index (χ3n) is 4.04. The lowest BCUT2D eigenvalue weighted by Crippen LogP contribution is -2.21. The van der Waals surface area contributed by atoms with Gasteiger partial charge in [-0.1, -0.05) is 46.0 Å². The molecule has 0 heterocycles. The molecule has 1 rings (SSSR count). The van der Waals surface area contributed by atoms with Gasteiger partial charge in [0.05, 0.1) is 6.61 Å². The van der Waals surface area contributed by atoms with Gasteiger partial charge in [0.15, 0.2) is 0 Å². The number of rotatable bonds is 9. The first-order valence-corrected chi connectivity index (χ1v) is 8.18. The van der Waals surface area contributed by atoms with E-state index in [1.54, 1.807) is 0 Å². The average Bonchev–Trinajstić information content (AvgIpc) is 2.45. The minimum Gasteiger partial charge on any atom is -0.478 e. The van der Waals surface area contributed by atoms with E-state index in [1.807, 2.05) is 6.92 Å². The van der Waals surface area contributed by atoms with Crippen molar-refractivity contribution in [2.75, 3.05) is 6.61 Å². The maximum absolute atomic E-state index is 12.1. The SMILES string of the molecule is CCCCCCCCOC(=O)C1=C(C(=O)O)CCC(C)C1. The highest BCUT2D eigenvalue weighted by Gasteiger charge is 2.27. The van der Waals surface area contributed by atoms with Gasteiger partial charge in [-0.25, -0.2) is 9.59 Å². The van der Waals surface area contributed by atoms with Crippen LogP contribution >= 0.6 is 0 Å². The average molecular weight is 296 g/mol. The standard InChI is InChI=1S/C17H28O4/c1-3-4-5-6-7-8-11-21-17(20)15-12-13(2)9-10-14(15)16(18)19/h13H,3-12H2,1-2H3,(H,18,19). The van der Waals surface area contributed by atoms with Crippen LogP contribution in [0.3, 0.4) is 0 Å². The van der Waals surface area contributed by atoms with Crippen LogP contribution in [0.4, 0.5) is 0 Å². The number of unbranched alkanes of at least 4 members (excludes halogenated alkanes) is 5.